The van der Waals surface area contributed by atoms with Gasteiger partial charge in [0.1, 0.15) is 0 Å². The Morgan fingerprint density at radius 3 is 1.63 bits per heavy atom. The first-order chi connectivity index (χ1) is 12.6. The minimum Gasteiger partial charge on any atom is -0.394 e. The normalized spacial score (nSPS) is 11.5. The standard InChI is InChI=1S/C18H38O7S.Na/c1-2-3-4-5-6-7-8-9-10-11-13-24-26(20,21)25-18-17-23-16-15-22-14-12-19;/h19H,2-18H2,1H3;. The zero-order valence-corrected chi connectivity index (χ0v) is 20.1. The molecule has 0 aliphatic carbocycles. The van der Waals surface area contributed by atoms with Gasteiger partial charge in [-0.1, -0.05) is 64.7 Å². The maximum Gasteiger partial charge on any atom is 0.399 e. The predicted octanol–water partition coefficient (Wildman–Crippen LogP) is 2.83. The monoisotopic (exact) mass is 421 g/mol. The fourth-order valence-corrected chi connectivity index (χ4v) is 3.03. The maximum absolute atomic E-state index is 11.5. The average molecular weight is 422 g/mol. The second-order valence-corrected chi connectivity index (χ2v) is 7.47. The Morgan fingerprint density at radius 1 is 0.630 bits per heavy atom. The van der Waals surface area contributed by atoms with Crippen LogP contribution < -0.4 is 0 Å². The summed E-state index contributed by atoms with van der Waals surface area (Å²) < 4.78 is 42.7. The van der Waals surface area contributed by atoms with Gasteiger partial charge in [-0.05, 0) is 6.42 Å². The van der Waals surface area contributed by atoms with Gasteiger partial charge in [-0.3, -0.25) is 0 Å². The summed E-state index contributed by atoms with van der Waals surface area (Å²) in [6, 6.07) is 0. The van der Waals surface area contributed by atoms with E-state index in [-0.39, 0.29) is 62.6 Å². The van der Waals surface area contributed by atoms with Crippen molar-refractivity contribution in [1.82, 2.24) is 0 Å². The van der Waals surface area contributed by atoms with Crippen LogP contribution in [0.2, 0.25) is 0 Å². The van der Waals surface area contributed by atoms with Crippen molar-refractivity contribution >= 4 is 40.0 Å². The summed E-state index contributed by atoms with van der Waals surface area (Å²) >= 11 is 0. The summed E-state index contributed by atoms with van der Waals surface area (Å²) in [6.07, 6.45) is 11.8. The van der Waals surface area contributed by atoms with Gasteiger partial charge in [-0.15, -0.1) is 0 Å². The van der Waals surface area contributed by atoms with Crippen LogP contribution in [0.5, 0.6) is 0 Å². The van der Waals surface area contributed by atoms with Gasteiger partial charge < -0.3 is 14.6 Å². The zero-order valence-electron chi connectivity index (χ0n) is 17.3. The second-order valence-electron chi connectivity index (χ2n) is 6.18. The molecule has 0 heterocycles. The minimum atomic E-state index is -3.94. The van der Waals surface area contributed by atoms with Crippen LogP contribution >= 0.6 is 0 Å². The molecule has 0 unspecified atom stereocenters. The number of unbranched alkanes of at least 4 members (excludes halogenated alkanes) is 9. The summed E-state index contributed by atoms with van der Waals surface area (Å²) in [6.45, 7) is 3.35. The number of aliphatic hydroxyl groups excluding tert-OH is 1. The quantitative estimate of drug-likeness (QED) is 0.225. The molecule has 0 amide bonds. The molecule has 0 rings (SSSR count). The van der Waals surface area contributed by atoms with Crippen molar-refractivity contribution in [3.8, 4) is 0 Å². The fourth-order valence-electron chi connectivity index (χ4n) is 2.37. The second kappa shape index (κ2) is 23.0. The van der Waals surface area contributed by atoms with Crippen LogP contribution in [-0.2, 0) is 28.2 Å². The molecule has 0 saturated heterocycles. The van der Waals surface area contributed by atoms with E-state index >= 15 is 0 Å². The Kier molecular flexibility index (Phi) is 25.5. The van der Waals surface area contributed by atoms with Crippen molar-refractivity contribution in [2.75, 3.05) is 46.2 Å². The molecular formula is C18H38NaO7S. The van der Waals surface area contributed by atoms with E-state index in [0.29, 0.717) is 13.2 Å². The summed E-state index contributed by atoms with van der Waals surface area (Å²) in [7, 11) is -3.94. The molecule has 1 N–H and O–H groups in total. The molecule has 159 valence electrons. The molecule has 1 radical (unpaired) electrons. The van der Waals surface area contributed by atoms with Crippen molar-refractivity contribution in [2.24, 2.45) is 0 Å². The van der Waals surface area contributed by atoms with E-state index in [0.717, 1.165) is 19.3 Å². The van der Waals surface area contributed by atoms with E-state index in [9.17, 15) is 8.42 Å². The van der Waals surface area contributed by atoms with Crippen molar-refractivity contribution in [1.29, 1.82) is 0 Å². The number of rotatable bonds is 21. The van der Waals surface area contributed by atoms with Gasteiger partial charge in [0, 0.05) is 29.6 Å². The molecule has 0 fully saturated rings. The largest absolute Gasteiger partial charge is 0.399 e. The van der Waals surface area contributed by atoms with Crippen LogP contribution in [-0.4, -0.2) is 89.3 Å². The van der Waals surface area contributed by atoms with Gasteiger partial charge in [0.05, 0.1) is 46.2 Å². The van der Waals surface area contributed by atoms with E-state index in [1.165, 1.54) is 44.9 Å². The van der Waals surface area contributed by atoms with Gasteiger partial charge in [0.25, 0.3) is 0 Å². The molecule has 0 atom stereocenters. The van der Waals surface area contributed by atoms with E-state index in [1.54, 1.807) is 0 Å². The fraction of sp³-hybridized carbons (Fsp3) is 1.00. The van der Waals surface area contributed by atoms with Crippen molar-refractivity contribution in [3.63, 3.8) is 0 Å². The third kappa shape index (κ3) is 24.7. The van der Waals surface area contributed by atoms with E-state index < -0.39 is 10.4 Å². The molecule has 0 saturated carbocycles. The average Bonchev–Trinajstić information content (AvgIpc) is 2.62. The van der Waals surface area contributed by atoms with Gasteiger partial charge in [-0.25, -0.2) is 8.37 Å². The maximum atomic E-state index is 11.5. The number of ether oxygens (including phenoxy) is 2. The summed E-state index contributed by atoms with van der Waals surface area (Å²) in [5, 5.41) is 8.51. The predicted molar refractivity (Wildman–Crippen MR) is 107 cm³/mol. The van der Waals surface area contributed by atoms with Crippen LogP contribution in [0, 0.1) is 0 Å². The zero-order chi connectivity index (χ0) is 19.3. The van der Waals surface area contributed by atoms with Crippen molar-refractivity contribution in [2.45, 2.75) is 71.1 Å². The summed E-state index contributed by atoms with van der Waals surface area (Å²) in [5.74, 6) is 0. The van der Waals surface area contributed by atoms with Gasteiger partial charge in [-0.2, -0.15) is 8.42 Å². The smallest absolute Gasteiger partial charge is 0.394 e. The first-order valence-electron chi connectivity index (χ1n) is 9.92. The van der Waals surface area contributed by atoms with E-state index in [2.05, 4.69) is 6.92 Å². The third-order valence-electron chi connectivity index (χ3n) is 3.79. The van der Waals surface area contributed by atoms with Crippen LogP contribution in [0.15, 0.2) is 0 Å². The minimum absolute atomic E-state index is 0. The van der Waals surface area contributed by atoms with Crippen LogP contribution in [0.1, 0.15) is 71.1 Å². The summed E-state index contributed by atoms with van der Waals surface area (Å²) in [5.41, 5.74) is 0. The van der Waals surface area contributed by atoms with Crippen molar-refractivity contribution in [3.05, 3.63) is 0 Å². The van der Waals surface area contributed by atoms with Crippen molar-refractivity contribution < 1.29 is 31.4 Å². The first kappa shape index (κ1) is 29.9. The molecule has 0 bridgehead atoms. The Hall–Kier alpha value is 0.750. The molecular weight excluding hydrogens is 383 g/mol. The molecule has 27 heavy (non-hydrogen) atoms. The van der Waals surface area contributed by atoms with Gasteiger partial charge in [0.2, 0.25) is 0 Å². The molecule has 0 aliphatic heterocycles. The molecule has 9 heteroatoms. The van der Waals surface area contributed by atoms with E-state index in [1.807, 2.05) is 0 Å². The Labute approximate surface area is 188 Å². The Balaban J connectivity index is 0. The molecule has 0 aromatic carbocycles. The topological polar surface area (TPSA) is 91.3 Å². The molecule has 0 aromatic rings. The summed E-state index contributed by atoms with van der Waals surface area (Å²) in [4.78, 5) is 0. The number of hydrogen-bond acceptors (Lipinski definition) is 7. The number of hydrogen-bond donors (Lipinski definition) is 1. The first-order valence-corrected chi connectivity index (χ1v) is 11.3. The Morgan fingerprint density at radius 2 is 1.07 bits per heavy atom. The number of aliphatic hydroxyl groups is 1. The van der Waals surface area contributed by atoms with Crippen LogP contribution in [0.3, 0.4) is 0 Å². The van der Waals surface area contributed by atoms with Gasteiger partial charge in [0.15, 0.2) is 0 Å². The van der Waals surface area contributed by atoms with Crippen LogP contribution in [0.25, 0.3) is 0 Å². The molecule has 7 nitrogen and oxygen atoms in total. The van der Waals surface area contributed by atoms with Gasteiger partial charge >= 0.3 is 10.4 Å². The SMILES string of the molecule is CCCCCCCCCCCCOS(=O)(=O)OCCOCCOCCO.[Na]. The third-order valence-corrected chi connectivity index (χ3v) is 4.70. The van der Waals surface area contributed by atoms with E-state index in [4.69, 9.17) is 22.9 Å². The molecule has 0 aliphatic rings. The molecule has 0 spiro atoms. The molecule has 0 aromatic heterocycles. The van der Waals surface area contributed by atoms with Crippen LogP contribution in [0.4, 0.5) is 0 Å². The Bertz CT molecular complexity index is 380.